The summed E-state index contributed by atoms with van der Waals surface area (Å²) in [5.74, 6) is 0.709. The van der Waals surface area contributed by atoms with Crippen LogP contribution in [0.15, 0.2) is 65.4 Å². The number of hydrogen-bond acceptors (Lipinski definition) is 3. The van der Waals surface area contributed by atoms with Gasteiger partial charge in [-0.2, -0.15) is 0 Å². The Morgan fingerprint density at radius 2 is 2.00 bits per heavy atom. The number of aromatic nitrogens is 1. The molecule has 116 valence electrons. The van der Waals surface area contributed by atoms with Gasteiger partial charge in [-0.3, -0.25) is 4.98 Å². The summed E-state index contributed by atoms with van der Waals surface area (Å²) in [7, 11) is 0. The van der Waals surface area contributed by atoms with Crippen LogP contribution < -0.4 is 10.6 Å². The van der Waals surface area contributed by atoms with Crippen LogP contribution in [0.5, 0.6) is 0 Å². The fourth-order valence-electron chi connectivity index (χ4n) is 2.01. The summed E-state index contributed by atoms with van der Waals surface area (Å²) >= 11 is 5.99. The third kappa shape index (κ3) is 3.90. The highest BCUT2D eigenvalue weighted by Crippen LogP contribution is 2.20. The van der Waals surface area contributed by atoms with Crippen molar-refractivity contribution in [2.75, 3.05) is 5.32 Å². The van der Waals surface area contributed by atoms with Gasteiger partial charge in [-0.15, -0.1) is 0 Å². The number of furan rings is 1. The van der Waals surface area contributed by atoms with Crippen LogP contribution in [0.2, 0.25) is 5.02 Å². The average Bonchev–Trinajstić information content (AvgIpc) is 3.10. The topological polar surface area (TPSA) is 67.2 Å². The van der Waals surface area contributed by atoms with Crippen molar-refractivity contribution in [1.82, 2.24) is 10.3 Å². The van der Waals surface area contributed by atoms with E-state index in [2.05, 4.69) is 15.6 Å². The van der Waals surface area contributed by atoms with Crippen LogP contribution in [0.3, 0.4) is 0 Å². The zero-order valence-electron chi connectivity index (χ0n) is 12.1. The number of para-hydroxylation sites is 1. The number of urea groups is 1. The maximum Gasteiger partial charge on any atom is 0.319 e. The third-order valence-corrected chi connectivity index (χ3v) is 3.50. The number of nitrogens with zero attached hydrogens (tertiary/aromatic N) is 1. The second-order valence-electron chi connectivity index (χ2n) is 4.82. The predicted molar refractivity (Wildman–Crippen MR) is 89.2 cm³/mol. The van der Waals surface area contributed by atoms with Gasteiger partial charge < -0.3 is 15.1 Å². The molecule has 0 spiro atoms. The first-order chi connectivity index (χ1) is 11.2. The number of benzene rings is 1. The molecule has 5 nitrogen and oxygen atoms in total. The normalized spacial score (nSPS) is 10.3. The van der Waals surface area contributed by atoms with Gasteiger partial charge >= 0.3 is 6.03 Å². The first-order valence-electron chi connectivity index (χ1n) is 7.00. The summed E-state index contributed by atoms with van der Waals surface area (Å²) < 4.78 is 5.28. The second-order valence-corrected chi connectivity index (χ2v) is 5.22. The molecule has 6 heteroatoms. The Hall–Kier alpha value is -2.79. The molecule has 0 aliphatic rings. The van der Waals surface area contributed by atoms with Crippen LogP contribution in [0.1, 0.15) is 5.56 Å². The summed E-state index contributed by atoms with van der Waals surface area (Å²) in [6.07, 6.45) is 3.30. The molecule has 2 amide bonds. The van der Waals surface area contributed by atoms with E-state index >= 15 is 0 Å². The molecule has 1 aromatic carbocycles. The Morgan fingerprint density at radius 3 is 2.70 bits per heavy atom. The number of halogens is 1. The molecule has 0 aliphatic heterocycles. The van der Waals surface area contributed by atoms with Crippen LogP contribution in [-0.4, -0.2) is 11.0 Å². The fourth-order valence-corrected chi connectivity index (χ4v) is 2.19. The SMILES string of the molecule is O=C(NCc1ccc(-c2ccco2)nc1)Nc1ccccc1Cl. The molecule has 3 aromatic rings. The van der Waals surface area contributed by atoms with Crippen molar-refractivity contribution in [2.45, 2.75) is 6.54 Å². The van der Waals surface area contributed by atoms with Gasteiger partial charge in [-0.25, -0.2) is 4.79 Å². The molecule has 0 aliphatic carbocycles. The number of amides is 2. The van der Waals surface area contributed by atoms with Crippen LogP contribution in [0, 0.1) is 0 Å². The van der Waals surface area contributed by atoms with Crippen molar-refractivity contribution in [3.63, 3.8) is 0 Å². The number of nitrogens with one attached hydrogen (secondary N) is 2. The van der Waals surface area contributed by atoms with E-state index in [1.165, 1.54) is 0 Å². The molecule has 0 saturated carbocycles. The highest BCUT2D eigenvalue weighted by molar-refractivity contribution is 6.33. The standard InChI is InChI=1S/C17H14ClN3O2/c18-13-4-1-2-5-14(13)21-17(22)20-11-12-7-8-15(19-10-12)16-6-3-9-23-16/h1-10H,11H2,(H2,20,21,22). The van der Waals surface area contributed by atoms with Crippen LogP contribution in [0.4, 0.5) is 10.5 Å². The van der Waals surface area contributed by atoms with E-state index in [-0.39, 0.29) is 6.03 Å². The maximum atomic E-state index is 11.9. The number of hydrogen-bond donors (Lipinski definition) is 2. The molecule has 2 heterocycles. The molecule has 2 N–H and O–H groups in total. The van der Waals surface area contributed by atoms with E-state index in [0.717, 1.165) is 11.3 Å². The minimum atomic E-state index is -0.326. The summed E-state index contributed by atoms with van der Waals surface area (Å²) in [5.41, 5.74) is 2.20. The van der Waals surface area contributed by atoms with Crippen LogP contribution in [0.25, 0.3) is 11.5 Å². The van der Waals surface area contributed by atoms with Crippen molar-refractivity contribution < 1.29 is 9.21 Å². The number of pyridine rings is 1. The molecule has 0 bridgehead atoms. The number of carbonyl (C=O) groups is 1. The van der Waals surface area contributed by atoms with E-state index in [4.69, 9.17) is 16.0 Å². The Balaban J connectivity index is 1.56. The zero-order chi connectivity index (χ0) is 16.1. The van der Waals surface area contributed by atoms with Gasteiger partial charge in [0.05, 0.1) is 17.0 Å². The highest BCUT2D eigenvalue weighted by atomic mass is 35.5. The smallest absolute Gasteiger partial charge is 0.319 e. The van der Waals surface area contributed by atoms with Crippen molar-refractivity contribution in [2.24, 2.45) is 0 Å². The number of anilines is 1. The lowest BCUT2D eigenvalue weighted by atomic mass is 10.2. The zero-order valence-corrected chi connectivity index (χ0v) is 12.9. The molecule has 0 atom stereocenters. The van der Waals surface area contributed by atoms with E-state index in [9.17, 15) is 4.79 Å². The lowest BCUT2D eigenvalue weighted by Crippen LogP contribution is -2.28. The van der Waals surface area contributed by atoms with Gasteiger partial charge in [0.15, 0.2) is 5.76 Å². The molecule has 0 unspecified atom stereocenters. The Labute approximate surface area is 138 Å². The molecule has 0 saturated heterocycles. The fraction of sp³-hybridized carbons (Fsp3) is 0.0588. The van der Waals surface area contributed by atoms with Gasteiger partial charge in [0, 0.05) is 12.7 Å². The Kier molecular flexibility index (Phi) is 4.59. The lowest BCUT2D eigenvalue weighted by molar-refractivity contribution is 0.251. The maximum absolute atomic E-state index is 11.9. The van der Waals surface area contributed by atoms with E-state index in [1.807, 2.05) is 24.3 Å². The molecule has 2 aromatic heterocycles. The molecule has 0 fully saturated rings. The van der Waals surface area contributed by atoms with Gasteiger partial charge in [0.1, 0.15) is 5.69 Å². The van der Waals surface area contributed by atoms with E-state index in [1.54, 1.807) is 36.7 Å². The van der Waals surface area contributed by atoms with Crippen molar-refractivity contribution in [3.05, 3.63) is 71.6 Å². The monoisotopic (exact) mass is 327 g/mol. The number of rotatable bonds is 4. The van der Waals surface area contributed by atoms with E-state index in [0.29, 0.717) is 23.0 Å². The quantitative estimate of drug-likeness (QED) is 0.750. The van der Waals surface area contributed by atoms with Crippen molar-refractivity contribution >= 4 is 23.3 Å². The summed E-state index contributed by atoms with van der Waals surface area (Å²) in [6.45, 7) is 0.363. The van der Waals surface area contributed by atoms with Gasteiger partial charge in [0.25, 0.3) is 0 Å². The minimum absolute atomic E-state index is 0.326. The van der Waals surface area contributed by atoms with Gasteiger partial charge in [0.2, 0.25) is 0 Å². The summed E-state index contributed by atoms with van der Waals surface area (Å²) in [4.78, 5) is 16.2. The largest absolute Gasteiger partial charge is 0.463 e. The van der Waals surface area contributed by atoms with Gasteiger partial charge in [-0.1, -0.05) is 29.8 Å². The lowest BCUT2D eigenvalue weighted by Gasteiger charge is -2.09. The molecular formula is C17H14ClN3O2. The molecule has 23 heavy (non-hydrogen) atoms. The highest BCUT2D eigenvalue weighted by Gasteiger charge is 2.06. The second kappa shape index (κ2) is 6.98. The van der Waals surface area contributed by atoms with Crippen molar-refractivity contribution in [3.8, 4) is 11.5 Å². The van der Waals surface area contributed by atoms with E-state index < -0.39 is 0 Å². The Morgan fingerprint density at radius 1 is 1.13 bits per heavy atom. The van der Waals surface area contributed by atoms with Crippen LogP contribution >= 0.6 is 11.6 Å². The first-order valence-corrected chi connectivity index (χ1v) is 7.38. The average molecular weight is 328 g/mol. The molecule has 3 rings (SSSR count). The third-order valence-electron chi connectivity index (χ3n) is 3.17. The van der Waals surface area contributed by atoms with Crippen LogP contribution in [-0.2, 0) is 6.54 Å². The molecule has 0 radical (unpaired) electrons. The van der Waals surface area contributed by atoms with Crippen molar-refractivity contribution in [1.29, 1.82) is 0 Å². The van der Waals surface area contributed by atoms with Gasteiger partial charge in [-0.05, 0) is 35.9 Å². The minimum Gasteiger partial charge on any atom is -0.463 e. The molecular weight excluding hydrogens is 314 g/mol. The Bertz CT molecular complexity index is 786. The summed E-state index contributed by atoms with van der Waals surface area (Å²) in [5, 5.41) is 5.95. The first kappa shape index (κ1) is 15.1. The number of carbonyl (C=O) groups excluding carboxylic acids is 1. The predicted octanol–water partition coefficient (Wildman–Crippen LogP) is 4.32. The summed E-state index contributed by atoms with van der Waals surface area (Å²) in [6, 6.07) is 14.1.